The van der Waals surface area contributed by atoms with Crippen LogP contribution in [0.1, 0.15) is 19.3 Å². The van der Waals surface area contributed by atoms with Crippen molar-refractivity contribution < 1.29 is 14.8 Å². The SMILES string of the molecule is NC(=NO)C1(C(=O)NC2CNC(=O)C2)CC1. The molecule has 7 heteroatoms. The van der Waals surface area contributed by atoms with Crippen molar-refractivity contribution in [3.8, 4) is 0 Å². The Hall–Kier alpha value is -1.79. The Kier molecular flexibility index (Phi) is 2.45. The summed E-state index contributed by atoms with van der Waals surface area (Å²) in [6, 6.07) is -0.191. The van der Waals surface area contributed by atoms with Crippen LogP contribution in [0.15, 0.2) is 5.16 Å². The van der Waals surface area contributed by atoms with E-state index in [1.165, 1.54) is 0 Å². The first-order valence-corrected chi connectivity index (χ1v) is 5.14. The molecule has 1 saturated heterocycles. The second-order valence-corrected chi connectivity index (χ2v) is 4.25. The quantitative estimate of drug-likeness (QED) is 0.203. The average molecular weight is 226 g/mol. The van der Waals surface area contributed by atoms with Gasteiger partial charge in [0.25, 0.3) is 0 Å². The van der Waals surface area contributed by atoms with Crippen molar-refractivity contribution in [3.05, 3.63) is 0 Å². The third-order valence-corrected chi connectivity index (χ3v) is 3.10. The minimum Gasteiger partial charge on any atom is -0.409 e. The molecule has 0 aromatic carbocycles. The van der Waals surface area contributed by atoms with Gasteiger partial charge in [0.15, 0.2) is 5.84 Å². The van der Waals surface area contributed by atoms with E-state index in [1.807, 2.05) is 0 Å². The van der Waals surface area contributed by atoms with Gasteiger partial charge in [-0.25, -0.2) is 0 Å². The molecule has 2 amide bonds. The van der Waals surface area contributed by atoms with Crippen LogP contribution in [0.4, 0.5) is 0 Å². The van der Waals surface area contributed by atoms with E-state index in [0.29, 0.717) is 19.4 Å². The molecule has 1 unspecified atom stereocenters. The zero-order valence-electron chi connectivity index (χ0n) is 8.69. The summed E-state index contributed by atoms with van der Waals surface area (Å²) in [4.78, 5) is 22.8. The molecule has 0 spiro atoms. The summed E-state index contributed by atoms with van der Waals surface area (Å²) in [5, 5.41) is 16.8. The van der Waals surface area contributed by atoms with Gasteiger partial charge in [-0.15, -0.1) is 0 Å². The highest BCUT2D eigenvalue weighted by atomic mass is 16.4. The Morgan fingerprint density at radius 2 is 2.31 bits per heavy atom. The summed E-state index contributed by atoms with van der Waals surface area (Å²) >= 11 is 0. The van der Waals surface area contributed by atoms with E-state index in [-0.39, 0.29) is 30.1 Å². The molecule has 0 aromatic rings. The van der Waals surface area contributed by atoms with E-state index < -0.39 is 5.41 Å². The third kappa shape index (κ3) is 1.68. The van der Waals surface area contributed by atoms with Crippen LogP contribution in [-0.4, -0.2) is 35.4 Å². The highest BCUT2D eigenvalue weighted by Crippen LogP contribution is 2.46. The number of hydrogen-bond acceptors (Lipinski definition) is 4. The van der Waals surface area contributed by atoms with E-state index in [0.717, 1.165) is 0 Å². The van der Waals surface area contributed by atoms with Crippen molar-refractivity contribution in [2.75, 3.05) is 6.54 Å². The van der Waals surface area contributed by atoms with Gasteiger partial charge in [-0.3, -0.25) is 9.59 Å². The average Bonchev–Trinajstić information content (AvgIpc) is 2.98. The van der Waals surface area contributed by atoms with Crippen molar-refractivity contribution >= 4 is 17.6 Å². The van der Waals surface area contributed by atoms with Gasteiger partial charge in [0, 0.05) is 13.0 Å². The first kappa shape index (κ1) is 10.7. The summed E-state index contributed by atoms with van der Waals surface area (Å²) in [7, 11) is 0. The zero-order valence-corrected chi connectivity index (χ0v) is 8.69. The number of carbonyl (C=O) groups is 2. The molecule has 2 aliphatic rings. The lowest BCUT2D eigenvalue weighted by atomic mass is 10.0. The maximum Gasteiger partial charge on any atom is 0.234 e. The Labute approximate surface area is 92.1 Å². The van der Waals surface area contributed by atoms with E-state index >= 15 is 0 Å². The van der Waals surface area contributed by atoms with E-state index in [1.54, 1.807) is 0 Å². The van der Waals surface area contributed by atoms with Crippen molar-refractivity contribution in [3.63, 3.8) is 0 Å². The highest BCUT2D eigenvalue weighted by Gasteiger charge is 2.54. The van der Waals surface area contributed by atoms with Gasteiger partial charge in [-0.05, 0) is 12.8 Å². The Bertz CT molecular complexity index is 362. The summed E-state index contributed by atoms with van der Waals surface area (Å²) in [5.41, 5.74) is 4.63. The topological polar surface area (TPSA) is 117 Å². The van der Waals surface area contributed by atoms with Gasteiger partial charge in [-0.2, -0.15) is 0 Å². The molecule has 88 valence electrons. The number of hydrogen-bond donors (Lipinski definition) is 4. The van der Waals surface area contributed by atoms with Gasteiger partial charge in [0.05, 0.1) is 6.04 Å². The van der Waals surface area contributed by atoms with Crippen LogP contribution in [0.5, 0.6) is 0 Å². The molecule has 5 N–H and O–H groups in total. The van der Waals surface area contributed by atoms with E-state index in [2.05, 4.69) is 15.8 Å². The van der Waals surface area contributed by atoms with Crippen LogP contribution in [0, 0.1) is 5.41 Å². The highest BCUT2D eigenvalue weighted by molar-refractivity contribution is 6.09. The summed E-state index contributed by atoms with van der Waals surface area (Å²) in [5.74, 6) is -0.384. The molecule has 1 saturated carbocycles. The number of carbonyl (C=O) groups excluding carboxylic acids is 2. The second-order valence-electron chi connectivity index (χ2n) is 4.25. The van der Waals surface area contributed by atoms with E-state index in [4.69, 9.17) is 10.9 Å². The Balaban J connectivity index is 1.96. The molecule has 1 heterocycles. The molecule has 0 bridgehead atoms. The first-order chi connectivity index (χ1) is 7.58. The number of amidine groups is 1. The molecule has 1 aliphatic heterocycles. The van der Waals surface area contributed by atoms with Crippen molar-refractivity contribution in [2.24, 2.45) is 16.3 Å². The molecule has 16 heavy (non-hydrogen) atoms. The van der Waals surface area contributed by atoms with Gasteiger partial charge >= 0.3 is 0 Å². The predicted molar refractivity (Wildman–Crippen MR) is 54.6 cm³/mol. The van der Waals surface area contributed by atoms with Gasteiger partial charge in [-0.1, -0.05) is 5.16 Å². The van der Waals surface area contributed by atoms with Crippen molar-refractivity contribution in [1.29, 1.82) is 0 Å². The maximum absolute atomic E-state index is 11.9. The fourth-order valence-electron chi connectivity index (χ4n) is 1.85. The standard InChI is InChI=1S/C9H14N4O3/c10-7(13-16)9(1-2-9)8(15)12-5-3-6(14)11-4-5/h5,16H,1-4H2,(H2,10,13)(H,11,14)(H,12,15). The first-order valence-electron chi connectivity index (χ1n) is 5.14. The van der Waals surface area contributed by atoms with Crippen LogP contribution >= 0.6 is 0 Å². The molecule has 7 nitrogen and oxygen atoms in total. The van der Waals surface area contributed by atoms with Gasteiger partial charge in [0.2, 0.25) is 11.8 Å². The number of nitrogens with zero attached hydrogens (tertiary/aromatic N) is 1. The fourth-order valence-corrected chi connectivity index (χ4v) is 1.85. The monoisotopic (exact) mass is 226 g/mol. The summed E-state index contributed by atoms with van der Waals surface area (Å²) in [6.07, 6.45) is 1.46. The number of amides is 2. The maximum atomic E-state index is 11.9. The lowest BCUT2D eigenvalue weighted by Gasteiger charge is -2.16. The van der Waals surface area contributed by atoms with Crippen LogP contribution in [0.25, 0.3) is 0 Å². The smallest absolute Gasteiger partial charge is 0.234 e. The summed E-state index contributed by atoms with van der Waals surface area (Å²) < 4.78 is 0. The predicted octanol–water partition coefficient (Wildman–Crippen LogP) is -1.48. The Morgan fingerprint density at radius 3 is 2.75 bits per heavy atom. The van der Waals surface area contributed by atoms with Crippen LogP contribution < -0.4 is 16.4 Å². The lowest BCUT2D eigenvalue weighted by molar-refractivity contribution is -0.124. The van der Waals surface area contributed by atoms with Crippen LogP contribution in [0.3, 0.4) is 0 Å². The van der Waals surface area contributed by atoms with Crippen molar-refractivity contribution in [1.82, 2.24) is 10.6 Å². The number of rotatable bonds is 3. The van der Waals surface area contributed by atoms with Gasteiger partial charge in [0.1, 0.15) is 5.41 Å². The normalized spacial score (nSPS) is 27.4. The number of nitrogens with one attached hydrogen (secondary N) is 2. The van der Waals surface area contributed by atoms with Crippen LogP contribution in [-0.2, 0) is 9.59 Å². The molecule has 2 fully saturated rings. The molecular weight excluding hydrogens is 212 g/mol. The minimum atomic E-state index is -0.847. The second kappa shape index (κ2) is 3.66. The number of oxime groups is 1. The molecule has 2 rings (SSSR count). The molecule has 0 aromatic heterocycles. The lowest BCUT2D eigenvalue weighted by Crippen LogP contribution is -2.45. The Morgan fingerprint density at radius 1 is 1.62 bits per heavy atom. The largest absolute Gasteiger partial charge is 0.409 e. The van der Waals surface area contributed by atoms with E-state index in [9.17, 15) is 9.59 Å². The van der Waals surface area contributed by atoms with Crippen molar-refractivity contribution in [2.45, 2.75) is 25.3 Å². The van der Waals surface area contributed by atoms with Crippen LogP contribution in [0.2, 0.25) is 0 Å². The fraction of sp³-hybridized carbons (Fsp3) is 0.667. The molecule has 1 aliphatic carbocycles. The zero-order chi connectivity index (χ0) is 11.8. The molecular formula is C9H14N4O3. The van der Waals surface area contributed by atoms with Gasteiger partial charge < -0.3 is 21.6 Å². The molecule has 1 atom stereocenters. The minimum absolute atomic E-state index is 0.0534. The summed E-state index contributed by atoms with van der Waals surface area (Å²) in [6.45, 7) is 0.441. The number of nitrogens with two attached hydrogens (primary N) is 1. The molecule has 0 radical (unpaired) electrons. The third-order valence-electron chi connectivity index (χ3n) is 3.10.